The van der Waals surface area contributed by atoms with Crippen LogP contribution in [0.5, 0.6) is 0 Å². The molecule has 0 aliphatic carbocycles. The van der Waals surface area contributed by atoms with Crippen molar-refractivity contribution >= 4 is 19.8 Å². The largest absolute Gasteiger partial charge is 0.472 e. The molecule has 9 nitrogen and oxygen atoms in total. The van der Waals surface area contributed by atoms with Gasteiger partial charge in [-0.2, -0.15) is 0 Å². The van der Waals surface area contributed by atoms with E-state index in [0.717, 1.165) is 38.5 Å². The fourth-order valence-corrected chi connectivity index (χ4v) is 5.61. The van der Waals surface area contributed by atoms with E-state index < -0.39 is 32.5 Å². The second-order valence-corrected chi connectivity index (χ2v) is 13.2. The van der Waals surface area contributed by atoms with Crippen LogP contribution < -0.4 is 5.73 Å². The molecule has 0 saturated carbocycles. The number of hydrogen-bond donors (Lipinski definition) is 2. The van der Waals surface area contributed by atoms with Gasteiger partial charge in [0.2, 0.25) is 0 Å². The van der Waals surface area contributed by atoms with E-state index in [1.165, 1.54) is 96.3 Å². The van der Waals surface area contributed by atoms with Gasteiger partial charge in [-0.15, -0.1) is 0 Å². The highest BCUT2D eigenvalue weighted by Gasteiger charge is 2.25. The number of unbranched alkanes of at least 4 members (excludes halogenated alkanes) is 20. The molecule has 0 amide bonds. The molecule has 2 atom stereocenters. The van der Waals surface area contributed by atoms with Crippen molar-refractivity contribution in [1.82, 2.24) is 0 Å². The van der Waals surface area contributed by atoms with Crippen LogP contribution in [-0.2, 0) is 32.7 Å². The van der Waals surface area contributed by atoms with Crippen LogP contribution in [-0.4, -0.2) is 49.3 Å². The molecule has 10 heteroatoms. The van der Waals surface area contributed by atoms with E-state index in [4.69, 9.17) is 19.9 Å². The number of nitrogens with two attached hydrogens (primary N) is 1. The van der Waals surface area contributed by atoms with Gasteiger partial charge in [-0.25, -0.2) is 4.57 Å². The second-order valence-electron chi connectivity index (χ2n) is 11.7. The van der Waals surface area contributed by atoms with Gasteiger partial charge in [-0.3, -0.25) is 18.6 Å². The van der Waals surface area contributed by atoms with E-state index in [-0.39, 0.29) is 32.6 Å². The monoisotopic (exact) mass is 636 g/mol. The lowest BCUT2D eigenvalue weighted by molar-refractivity contribution is -0.161. The summed E-state index contributed by atoms with van der Waals surface area (Å²) in [5.41, 5.74) is 2.06. The van der Waals surface area contributed by atoms with Gasteiger partial charge in [-0.05, 0) is 12.8 Å². The lowest BCUT2D eigenvalue weighted by Crippen LogP contribution is -2.29. The Morgan fingerprint density at radius 3 is 1.51 bits per heavy atom. The SMILES string of the molecule is [2H]NCCOP(=O)(O)OC[C@@H](COC(=O)CCCCCCCCCCCCC)OC(=O)CCCCCCCCCCCCC. The summed E-state index contributed by atoms with van der Waals surface area (Å²) in [4.78, 5) is 34.6. The first-order chi connectivity index (χ1) is 21.3. The number of hydrogen-bond acceptors (Lipinski definition) is 8. The number of phosphoric ester groups is 1. The summed E-state index contributed by atoms with van der Waals surface area (Å²) in [6, 6.07) is 0. The van der Waals surface area contributed by atoms with Gasteiger partial charge < -0.3 is 20.1 Å². The van der Waals surface area contributed by atoms with Gasteiger partial charge in [0.05, 0.1) is 13.2 Å². The maximum Gasteiger partial charge on any atom is 0.472 e. The van der Waals surface area contributed by atoms with Crippen molar-refractivity contribution in [2.45, 2.75) is 174 Å². The summed E-state index contributed by atoms with van der Waals surface area (Å²) < 4.78 is 39.5. The normalized spacial score (nSPS) is 13.8. The van der Waals surface area contributed by atoms with Crippen LogP contribution in [0.3, 0.4) is 0 Å². The Balaban J connectivity index is 4.31. The van der Waals surface area contributed by atoms with Crippen molar-refractivity contribution in [1.29, 1.82) is 0 Å². The highest BCUT2D eigenvalue weighted by molar-refractivity contribution is 7.47. The van der Waals surface area contributed by atoms with E-state index in [2.05, 4.69) is 19.6 Å². The van der Waals surface area contributed by atoms with E-state index in [0.29, 0.717) is 6.42 Å². The average molecular weight is 637 g/mol. The van der Waals surface area contributed by atoms with Crippen LogP contribution in [0.4, 0.5) is 0 Å². The molecule has 256 valence electrons. The van der Waals surface area contributed by atoms with Crippen molar-refractivity contribution in [3.8, 4) is 0 Å². The molecular formula is C33H66NO8P. The molecule has 0 aromatic carbocycles. The molecule has 0 spiro atoms. The molecule has 0 heterocycles. The average Bonchev–Trinajstić information content (AvgIpc) is 3.00. The Labute approximate surface area is 264 Å². The number of phosphoric acid groups is 1. The van der Waals surface area contributed by atoms with Crippen LogP contribution in [0.1, 0.15) is 168 Å². The molecule has 0 aliphatic rings. The van der Waals surface area contributed by atoms with Gasteiger partial charge in [0.1, 0.15) is 8.02 Å². The van der Waals surface area contributed by atoms with Crippen molar-refractivity contribution in [3.05, 3.63) is 0 Å². The molecule has 43 heavy (non-hydrogen) atoms. The van der Waals surface area contributed by atoms with E-state index in [1.54, 1.807) is 0 Å². The summed E-state index contributed by atoms with van der Waals surface area (Å²) in [7, 11) is -4.41. The summed E-state index contributed by atoms with van der Waals surface area (Å²) in [5, 5.41) is 0. The van der Waals surface area contributed by atoms with Gasteiger partial charge >= 0.3 is 19.8 Å². The molecule has 0 saturated heterocycles. The van der Waals surface area contributed by atoms with Crippen molar-refractivity contribution < 1.29 is 39.0 Å². The van der Waals surface area contributed by atoms with Gasteiger partial charge in [0.25, 0.3) is 0 Å². The quantitative estimate of drug-likeness (QED) is 0.0403. The maximum atomic E-state index is 12.5. The lowest BCUT2D eigenvalue weighted by Gasteiger charge is -2.19. The first-order valence-electron chi connectivity index (χ1n) is 18.0. The van der Waals surface area contributed by atoms with Gasteiger partial charge in [0, 0.05) is 19.4 Å². The Morgan fingerprint density at radius 1 is 0.651 bits per heavy atom. The van der Waals surface area contributed by atoms with Crippen LogP contribution in [0.15, 0.2) is 0 Å². The van der Waals surface area contributed by atoms with Crippen LogP contribution in [0, 0.1) is 0 Å². The predicted octanol–water partition coefficient (Wildman–Crippen LogP) is 8.94. The summed E-state index contributed by atoms with van der Waals surface area (Å²) >= 11 is 0. The molecule has 3 N–H and O–H groups in total. The van der Waals surface area contributed by atoms with Crippen LogP contribution in [0.25, 0.3) is 0 Å². The zero-order valence-corrected chi connectivity index (χ0v) is 28.5. The molecule has 0 rings (SSSR count). The highest BCUT2D eigenvalue weighted by Crippen LogP contribution is 2.43. The zero-order valence-electron chi connectivity index (χ0n) is 28.6. The minimum absolute atomic E-state index is 0.0436. The number of esters is 2. The van der Waals surface area contributed by atoms with E-state index >= 15 is 0 Å². The highest BCUT2D eigenvalue weighted by atomic mass is 31.2. The third-order valence-corrected chi connectivity index (χ3v) is 8.46. The molecule has 0 bridgehead atoms. The van der Waals surface area contributed by atoms with Gasteiger partial charge in [0.15, 0.2) is 6.10 Å². The molecule has 0 fully saturated rings. The molecular weight excluding hydrogens is 569 g/mol. The number of carbonyl (C=O) groups is 2. The summed E-state index contributed by atoms with van der Waals surface area (Å²) in [6.07, 6.45) is 25.4. The van der Waals surface area contributed by atoms with E-state index in [9.17, 15) is 19.0 Å². The van der Waals surface area contributed by atoms with E-state index in [1.807, 2.05) is 0 Å². The van der Waals surface area contributed by atoms with Crippen molar-refractivity contribution in [2.24, 2.45) is 5.73 Å². The van der Waals surface area contributed by atoms with Crippen molar-refractivity contribution in [3.63, 3.8) is 0 Å². The third-order valence-electron chi connectivity index (χ3n) is 7.48. The Hall–Kier alpha value is -0.990. The molecule has 0 aliphatic heterocycles. The number of ether oxygens (including phenoxy) is 2. The first kappa shape index (κ1) is 40.0. The Bertz CT molecular complexity index is 715. The molecule has 0 aromatic heterocycles. The summed E-state index contributed by atoms with van der Waals surface area (Å²) in [6.45, 7) is 3.60. The maximum absolute atomic E-state index is 12.5. The van der Waals surface area contributed by atoms with Crippen LogP contribution >= 0.6 is 7.82 Å². The van der Waals surface area contributed by atoms with Crippen LogP contribution in [0.2, 0.25) is 1.41 Å². The third kappa shape index (κ3) is 30.8. The summed E-state index contributed by atoms with van der Waals surface area (Å²) in [5.74, 6) is -0.847. The zero-order chi connectivity index (χ0) is 32.6. The molecule has 0 radical (unpaired) electrons. The fraction of sp³-hybridized carbons (Fsp3) is 0.939. The first-order valence-corrected chi connectivity index (χ1v) is 19.0. The van der Waals surface area contributed by atoms with Gasteiger partial charge in [-0.1, -0.05) is 142 Å². The van der Waals surface area contributed by atoms with Crippen molar-refractivity contribution in [2.75, 3.05) is 26.4 Å². The topological polar surface area (TPSA) is 134 Å². The standard InChI is InChI=1S/C33H66NO8P/c1-3-5-7-9-11-13-15-17-19-21-23-25-32(35)39-29-31(30-41-43(37,38)40-28-27-34)42-33(36)26-24-22-20-18-16-14-12-10-8-6-4-2/h31H,3-30,34H2,1-2H3,(H,37,38)/t31-/m1/s1/i/hD. The minimum atomic E-state index is -4.41. The number of rotatable bonds is 34. The fourth-order valence-electron chi connectivity index (χ4n) is 4.86. The molecule has 1 unspecified atom stereocenters. The second kappa shape index (κ2) is 31.0. The minimum Gasteiger partial charge on any atom is -0.462 e. The Kier molecular flexibility index (Phi) is 28.9. The molecule has 0 aromatic rings. The Morgan fingerprint density at radius 2 is 1.07 bits per heavy atom. The predicted molar refractivity (Wildman–Crippen MR) is 174 cm³/mol. The number of carbonyl (C=O) groups excluding carboxylic acids is 2. The smallest absolute Gasteiger partial charge is 0.462 e. The lowest BCUT2D eigenvalue weighted by atomic mass is 10.1.